The molecule has 1 amide bonds. The summed E-state index contributed by atoms with van der Waals surface area (Å²) in [5, 5.41) is 12.7. The van der Waals surface area contributed by atoms with Gasteiger partial charge in [0.25, 0.3) is 5.91 Å². The highest BCUT2D eigenvalue weighted by Gasteiger charge is 2.26. The van der Waals surface area contributed by atoms with Crippen molar-refractivity contribution < 1.29 is 19.4 Å². The molecule has 0 spiro atoms. The van der Waals surface area contributed by atoms with Crippen molar-refractivity contribution in [1.29, 1.82) is 0 Å². The molecular formula is C16H20N2O4. The van der Waals surface area contributed by atoms with Gasteiger partial charge in [-0.2, -0.15) is 0 Å². The maximum atomic E-state index is 12.1. The Labute approximate surface area is 128 Å². The van der Waals surface area contributed by atoms with Crippen LogP contribution in [0.1, 0.15) is 30.8 Å². The van der Waals surface area contributed by atoms with Gasteiger partial charge in [0.05, 0.1) is 12.5 Å². The van der Waals surface area contributed by atoms with Gasteiger partial charge in [0, 0.05) is 17.4 Å². The normalized spacial score (nSPS) is 11.4. The second-order valence-electron chi connectivity index (χ2n) is 5.83. The van der Waals surface area contributed by atoms with Gasteiger partial charge in [0.2, 0.25) is 0 Å². The third-order valence-electron chi connectivity index (χ3n) is 3.69. The molecule has 0 aliphatic heterocycles. The molecule has 0 saturated carbocycles. The lowest BCUT2D eigenvalue weighted by Crippen LogP contribution is -2.32. The molecule has 0 radical (unpaired) electrons. The number of nitrogens with one attached hydrogen (secondary N) is 2. The van der Waals surface area contributed by atoms with Gasteiger partial charge < -0.3 is 20.1 Å². The lowest BCUT2D eigenvalue weighted by molar-refractivity contribution is -0.147. The Morgan fingerprint density at radius 1 is 1.32 bits per heavy atom. The molecule has 118 valence electrons. The van der Waals surface area contributed by atoms with Crippen LogP contribution in [0.4, 0.5) is 0 Å². The van der Waals surface area contributed by atoms with Gasteiger partial charge in [-0.15, -0.1) is 0 Å². The van der Waals surface area contributed by atoms with Crippen LogP contribution in [0, 0.1) is 5.41 Å². The number of fused-ring (bicyclic) bond motifs is 1. The van der Waals surface area contributed by atoms with Crippen molar-refractivity contribution in [1.82, 2.24) is 10.3 Å². The van der Waals surface area contributed by atoms with E-state index in [1.165, 1.54) is 0 Å². The van der Waals surface area contributed by atoms with Gasteiger partial charge in [-0.3, -0.25) is 9.59 Å². The van der Waals surface area contributed by atoms with E-state index in [0.717, 1.165) is 16.7 Å². The van der Waals surface area contributed by atoms with Crippen molar-refractivity contribution in [2.75, 3.05) is 13.7 Å². The molecule has 2 rings (SSSR count). The van der Waals surface area contributed by atoms with E-state index in [1.807, 2.05) is 18.2 Å². The first-order chi connectivity index (χ1) is 10.3. The van der Waals surface area contributed by atoms with E-state index in [2.05, 4.69) is 10.3 Å². The number of carbonyl (C=O) groups is 2. The number of ether oxygens (including phenoxy) is 1. The van der Waals surface area contributed by atoms with Gasteiger partial charge in [0.1, 0.15) is 11.4 Å². The van der Waals surface area contributed by atoms with Crippen LogP contribution >= 0.6 is 0 Å². The number of methoxy groups -OCH3 is 1. The molecule has 0 unspecified atom stereocenters. The summed E-state index contributed by atoms with van der Waals surface area (Å²) in [6, 6.07) is 7.25. The molecule has 3 N–H and O–H groups in total. The number of H-pyrrole nitrogens is 1. The van der Waals surface area contributed by atoms with E-state index in [0.29, 0.717) is 18.7 Å². The molecule has 0 atom stereocenters. The second kappa shape index (κ2) is 6.09. The number of carboxylic acids is 1. The average molecular weight is 304 g/mol. The van der Waals surface area contributed by atoms with Crippen LogP contribution in [-0.2, 0) is 4.79 Å². The van der Waals surface area contributed by atoms with Crippen LogP contribution < -0.4 is 10.1 Å². The Morgan fingerprint density at radius 2 is 2.05 bits per heavy atom. The number of hydrogen-bond acceptors (Lipinski definition) is 3. The van der Waals surface area contributed by atoms with Gasteiger partial charge in [0.15, 0.2) is 0 Å². The highest BCUT2D eigenvalue weighted by atomic mass is 16.5. The number of aliphatic carboxylic acids is 1. The smallest absolute Gasteiger partial charge is 0.309 e. The SMILES string of the molecule is COc1ccc2[nH]c(C(=O)NCCC(C)(C)C(=O)O)cc2c1. The van der Waals surface area contributed by atoms with Crippen molar-refractivity contribution >= 4 is 22.8 Å². The van der Waals surface area contributed by atoms with Crippen LogP contribution in [0.25, 0.3) is 10.9 Å². The zero-order chi connectivity index (χ0) is 16.3. The third kappa shape index (κ3) is 3.39. The predicted octanol–water partition coefficient (Wildman–Crippen LogP) is 2.41. The number of carboxylic acid groups (broad SMARTS) is 1. The maximum Gasteiger partial charge on any atom is 0.309 e. The summed E-state index contributed by atoms with van der Waals surface area (Å²) in [5.74, 6) is -0.405. The zero-order valence-corrected chi connectivity index (χ0v) is 12.9. The quantitative estimate of drug-likeness (QED) is 0.764. The van der Waals surface area contributed by atoms with E-state index in [1.54, 1.807) is 27.0 Å². The van der Waals surface area contributed by atoms with E-state index < -0.39 is 11.4 Å². The van der Waals surface area contributed by atoms with Gasteiger partial charge in [-0.05, 0) is 44.5 Å². The first kappa shape index (κ1) is 15.9. The Balaban J connectivity index is 2.02. The number of aromatic nitrogens is 1. The predicted molar refractivity (Wildman–Crippen MR) is 83.2 cm³/mol. The number of aromatic amines is 1. The summed E-state index contributed by atoms with van der Waals surface area (Å²) in [4.78, 5) is 26.2. The Hall–Kier alpha value is -2.50. The lowest BCUT2D eigenvalue weighted by atomic mass is 9.90. The number of benzene rings is 1. The lowest BCUT2D eigenvalue weighted by Gasteiger charge is -2.18. The van der Waals surface area contributed by atoms with Gasteiger partial charge >= 0.3 is 5.97 Å². The van der Waals surface area contributed by atoms with Crippen molar-refractivity contribution in [3.8, 4) is 5.75 Å². The Kier molecular flexibility index (Phi) is 4.40. The number of rotatable bonds is 6. The van der Waals surface area contributed by atoms with Gasteiger partial charge in [-0.25, -0.2) is 0 Å². The molecule has 1 heterocycles. The monoisotopic (exact) mass is 304 g/mol. The Bertz CT molecular complexity index is 703. The molecule has 0 aliphatic carbocycles. The first-order valence-electron chi connectivity index (χ1n) is 7.02. The van der Waals surface area contributed by atoms with Crippen LogP contribution in [0.5, 0.6) is 5.75 Å². The van der Waals surface area contributed by atoms with Crippen molar-refractivity contribution in [3.63, 3.8) is 0 Å². The molecule has 0 saturated heterocycles. The molecule has 2 aromatic rings. The fourth-order valence-electron chi connectivity index (χ4n) is 2.05. The van der Waals surface area contributed by atoms with Crippen molar-refractivity contribution in [2.24, 2.45) is 5.41 Å². The largest absolute Gasteiger partial charge is 0.497 e. The Morgan fingerprint density at radius 3 is 2.68 bits per heavy atom. The molecule has 0 aliphatic rings. The minimum atomic E-state index is -0.876. The van der Waals surface area contributed by atoms with E-state index >= 15 is 0 Å². The topological polar surface area (TPSA) is 91.4 Å². The third-order valence-corrected chi connectivity index (χ3v) is 3.69. The van der Waals surface area contributed by atoms with E-state index in [-0.39, 0.29) is 5.91 Å². The minimum Gasteiger partial charge on any atom is -0.497 e. The summed E-state index contributed by atoms with van der Waals surface area (Å²) in [6.07, 6.45) is 0.363. The number of amides is 1. The summed E-state index contributed by atoms with van der Waals surface area (Å²) in [5.41, 5.74) is 0.425. The van der Waals surface area contributed by atoms with E-state index in [4.69, 9.17) is 9.84 Å². The van der Waals surface area contributed by atoms with Crippen molar-refractivity contribution in [3.05, 3.63) is 30.0 Å². The molecular weight excluding hydrogens is 284 g/mol. The summed E-state index contributed by atoms with van der Waals surface area (Å²) >= 11 is 0. The first-order valence-corrected chi connectivity index (χ1v) is 7.02. The fourth-order valence-corrected chi connectivity index (χ4v) is 2.05. The number of carbonyl (C=O) groups excluding carboxylic acids is 1. The van der Waals surface area contributed by atoms with Crippen LogP contribution in [0.3, 0.4) is 0 Å². The minimum absolute atomic E-state index is 0.253. The van der Waals surface area contributed by atoms with Gasteiger partial charge in [-0.1, -0.05) is 0 Å². The molecule has 1 aromatic heterocycles. The van der Waals surface area contributed by atoms with E-state index in [9.17, 15) is 9.59 Å². The highest BCUT2D eigenvalue weighted by molar-refractivity contribution is 5.98. The molecule has 6 nitrogen and oxygen atoms in total. The summed E-state index contributed by atoms with van der Waals surface area (Å²) in [6.45, 7) is 3.57. The summed E-state index contributed by atoms with van der Waals surface area (Å²) in [7, 11) is 1.59. The fraction of sp³-hybridized carbons (Fsp3) is 0.375. The molecule has 22 heavy (non-hydrogen) atoms. The maximum absolute atomic E-state index is 12.1. The molecule has 0 fully saturated rings. The van der Waals surface area contributed by atoms with Crippen LogP contribution in [-0.4, -0.2) is 35.6 Å². The van der Waals surface area contributed by atoms with Crippen LogP contribution in [0.2, 0.25) is 0 Å². The standard InChI is InChI=1S/C16H20N2O4/c1-16(2,15(20)21)6-7-17-14(19)13-9-10-8-11(22-3)4-5-12(10)18-13/h4-5,8-9,18H,6-7H2,1-3H3,(H,17,19)(H,20,21). The molecule has 6 heteroatoms. The molecule has 1 aromatic carbocycles. The molecule has 0 bridgehead atoms. The second-order valence-corrected chi connectivity index (χ2v) is 5.83. The van der Waals surface area contributed by atoms with Crippen molar-refractivity contribution in [2.45, 2.75) is 20.3 Å². The average Bonchev–Trinajstić information content (AvgIpc) is 2.89. The van der Waals surface area contributed by atoms with Crippen LogP contribution in [0.15, 0.2) is 24.3 Å². The zero-order valence-electron chi connectivity index (χ0n) is 12.9. The summed E-state index contributed by atoms with van der Waals surface area (Å²) < 4.78 is 5.15. The number of hydrogen-bond donors (Lipinski definition) is 3. The highest BCUT2D eigenvalue weighted by Crippen LogP contribution is 2.22.